The van der Waals surface area contributed by atoms with E-state index in [-0.39, 0.29) is 43.7 Å². The Bertz CT molecular complexity index is 2420. The van der Waals surface area contributed by atoms with Gasteiger partial charge in [-0.05, 0) is 57.0 Å². The molecule has 2 aromatic carbocycles. The van der Waals surface area contributed by atoms with E-state index in [1.54, 1.807) is 50.1 Å². The minimum Gasteiger partial charge on any atom is -0.481 e. The summed E-state index contributed by atoms with van der Waals surface area (Å²) in [6.07, 6.45) is 2.07. The predicted molar refractivity (Wildman–Crippen MR) is 220 cm³/mol. The van der Waals surface area contributed by atoms with Gasteiger partial charge in [-0.25, -0.2) is 14.8 Å². The van der Waals surface area contributed by atoms with E-state index in [4.69, 9.17) is 42.8 Å². The van der Waals surface area contributed by atoms with Gasteiger partial charge in [-0.3, -0.25) is 18.8 Å². The van der Waals surface area contributed by atoms with Crippen LogP contribution in [0.15, 0.2) is 77.9 Å². The quantitative estimate of drug-likeness (QED) is 0.0979. The molecule has 4 N–H and O–H groups in total. The second-order valence-electron chi connectivity index (χ2n) is 15.0. The number of nitrogens with zero attached hydrogens (tertiary/aromatic N) is 4. The maximum Gasteiger partial charge on any atom is 0.410 e. The Labute approximate surface area is 344 Å². The molecule has 0 unspecified atom stereocenters. The minimum atomic E-state index is -1.11. The molecule has 0 aliphatic carbocycles. The highest BCUT2D eigenvalue weighted by Crippen LogP contribution is 2.42. The smallest absolute Gasteiger partial charge is 0.410 e. The third kappa shape index (κ3) is 9.94. The lowest BCUT2D eigenvalue weighted by molar-refractivity contribution is -0.139. The van der Waals surface area contributed by atoms with E-state index in [0.717, 1.165) is 0 Å². The number of carbonyl (C=O) groups excluding carboxylic acids is 2. The first-order valence-corrected chi connectivity index (χ1v) is 19.4. The number of aliphatic hydroxyl groups is 1. The number of aromatic nitrogens is 3. The van der Waals surface area contributed by atoms with Gasteiger partial charge in [-0.15, -0.1) is 0 Å². The number of aliphatic hydroxyl groups excluding tert-OH is 1. The van der Waals surface area contributed by atoms with Crippen LogP contribution in [0.5, 0.6) is 5.88 Å². The molecule has 304 valence electrons. The van der Waals surface area contributed by atoms with Crippen molar-refractivity contribution < 1.29 is 34.1 Å². The summed E-state index contributed by atoms with van der Waals surface area (Å²) in [5.74, 6) is -0.868. The van der Waals surface area contributed by atoms with Crippen molar-refractivity contribution in [2.75, 3.05) is 20.2 Å². The van der Waals surface area contributed by atoms with Crippen molar-refractivity contribution in [1.29, 1.82) is 0 Å². The Morgan fingerprint density at radius 2 is 1.71 bits per heavy atom. The Hall–Kier alpha value is -5.54. The first kappa shape index (κ1) is 42.1. The SMILES string of the molecule is COc1nc(-c2cccc(-c3cccc(-c4ccn5c(=O)c(CNC[C@@H](O)CC(=O)O)cnc5c4)c3Cl)c2Cl)ccc1CN(C[C@@H]1CCC(=O)N1)C(=O)OC(C)(C)C. The zero-order valence-electron chi connectivity index (χ0n) is 32.4. The fourth-order valence-electron chi connectivity index (χ4n) is 6.68. The average molecular weight is 832 g/mol. The highest BCUT2D eigenvalue weighted by Gasteiger charge is 2.29. The van der Waals surface area contributed by atoms with E-state index in [0.29, 0.717) is 79.1 Å². The number of amides is 2. The highest BCUT2D eigenvalue weighted by atomic mass is 35.5. The summed E-state index contributed by atoms with van der Waals surface area (Å²) >= 11 is 14.2. The van der Waals surface area contributed by atoms with Gasteiger partial charge in [0.2, 0.25) is 11.8 Å². The van der Waals surface area contributed by atoms with Crippen LogP contribution in [0, 0.1) is 0 Å². The number of methoxy groups -OCH3 is 1. The molecule has 2 atom stereocenters. The fraction of sp³-hybridized carbons (Fsp3) is 0.333. The summed E-state index contributed by atoms with van der Waals surface area (Å²) in [6, 6.07) is 18.1. The summed E-state index contributed by atoms with van der Waals surface area (Å²) < 4.78 is 12.8. The number of hydrogen-bond donors (Lipinski definition) is 4. The number of benzene rings is 2. The van der Waals surface area contributed by atoms with Crippen molar-refractivity contribution in [2.24, 2.45) is 0 Å². The lowest BCUT2D eigenvalue weighted by Gasteiger charge is -2.29. The van der Waals surface area contributed by atoms with Gasteiger partial charge in [0.25, 0.3) is 5.56 Å². The van der Waals surface area contributed by atoms with Gasteiger partial charge in [0, 0.05) is 77.9 Å². The van der Waals surface area contributed by atoms with Crippen molar-refractivity contribution in [3.63, 3.8) is 0 Å². The number of nitrogens with one attached hydrogen (secondary N) is 2. The standard InChI is InChI=1S/C42H44Cl2N6O8/c1-42(2,3)58-41(56)49(23-27-12-14-35(52)47-27)22-25-11-13-33(48-39(25)57-4)32-10-6-9-31(38(32)44)30-8-5-7-29(37(30)43)24-15-16-50-34(17-24)46-20-26(40(50)55)19-45-21-28(51)18-36(53)54/h5-11,13,15-17,20,27-28,45,51H,12,14,18-19,21-23H2,1-4H3,(H,47,52)(H,53,54)/t27-,28-/m0/s1. The van der Waals surface area contributed by atoms with Gasteiger partial charge in [-0.2, -0.15) is 0 Å². The molecule has 1 aliphatic rings. The van der Waals surface area contributed by atoms with E-state index in [1.165, 1.54) is 17.7 Å². The van der Waals surface area contributed by atoms with Gasteiger partial charge in [0.1, 0.15) is 11.2 Å². The molecule has 1 aliphatic heterocycles. The molecule has 58 heavy (non-hydrogen) atoms. The van der Waals surface area contributed by atoms with Crippen LogP contribution >= 0.6 is 23.2 Å². The number of ether oxygens (including phenoxy) is 2. The fourth-order valence-corrected chi connectivity index (χ4v) is 7.34. The number of aliphatic carboxylic acids is 1. The van der Waals surface area contributed by atoms with Crippen LogP contribution in [0.25, 0.3) is 39.2 Å². The van der Waals surface area contributed by atoms with Gasteiger partial charge in [-0.1, -0.05) is 59.6 Å². The van der Waals surface area contributed by atoms with Crippen molar-refractivity contribution in [3.05, 3.63) is 105 Å². The number of carboxylic acids is 1. The molecular weight excluding hydrogens is 787 g/mol. The maximum absolute atomic E-state index is 13.3. The largest absolute Gasteiger partial charge is 0.481 e. The molecule has 6 rings (SSSR count). The normalized spacial score (nSPS) is 14.6. The average Bonchev–Trinajstić information content (AvgIpc) is 3.59. The van der Waals surface area contributed by atoms with Gasteiger partial charge in [0.15, 0.2) is 0 Å². The first-order chi connectivity index (χ1) is 27.6. The lowest BCUT2D eigenvalue weighted by atomic mass is 9.97. The molecule has 0 saturated carbocycles. The van der Waals surface area contributed by atoms with Crippen LogP contribution in [0.4, 0.5) is 4.79 Å². The molecule has 1 fully saturated rings. The Balaban J connectivity index is 1.25. The van der Waals surface area contributed by atoms with Crippen LogP contribution in [-0.4, -0.2) is 85.4 Å². The number of rotatable bonds is 14. The summed E-state index contributed by atoms with van der Waals surface area (Å²) in [5, 5.41) is 25.3. The first-order valence-electron chi connectivity index (χ1n) is 18.6. The maximum atomic E-state index is 13.3. The topological polar surface area (TPSA) is 185 Å². The van der Waals surface area contributed by atoms with Crippen LogP contribution in [-0.2, 0) is 27.4 Å². The van der Waals surface area contributed by atoms with Crippen molar-refractivity contribution in [1.82, 2.24) is 29.9 Å². The van der Waals surface area contributed by atoms with Gasteiger partial charge >= 0.3 is 12.1 Å². The molecule has 0 radical (unpaired) electrons. The van der Waals surface area contributed by atoms with E-state index in [1.807, 2.05) is 42.5 Å². The third-order valence-electron chi connectivity index (χ3n) is 9.43. The molecule has 0 spiro atoms. The molecule has 16 heteroatoms. The number of carbonyl (C=O) groups is 3. The zero-order valence-corrected chi connectivity index (χ0v) is 33.9. The summed E-state index contributed by atoms with van der Waals surface area (Å²) in [7, 11) is 1.50. The van der Waals surface area contributed by atoms with E-state index in [2.05, 4.69) is 15.6 Å². The van der Waals surface area contributed by atoms with Crippen LogP contribution in [0.3, 0.4) is 0 Å². The Morgan fingerprint density at radius 3 is 2.36 bits per heavy atom. The Kier molecular flexibility index (Phi) is 13.0. The number of hydrogen-bond acceptors (Lipinski definition) is 10. The van der Waals surface area contributed by atoms with Crippen LogP contribution < -0.4 is 20.9 Å². The van der Waals surface area contributed by atoms with Crippen LogP contribution in [0.2, 0.25) is 10.0 Å². The summed E-state index contributed by atoms with van der Waals surface area (Å²) in [4.78, 5) is 60.0. The number of carboxylic acid groups (broad SMARTS) is 1. The van der Waals surface area contributed by atoms with Gasteiger partial charge < -0.3 is 35.2 Å². The molecule has 0 bridgehead atoms. The summed E-state index contributed by atoms with van der Waals surface area (Å²) in [6.45, 7) is 5.89. The van der Waals surface area contributed by atoms with E-state index < -0.39 is 30.2 Å². The number of fused-ring (bicyclic) bond motifs is 1. The van der Waals surface area contributed by atoms with Crippen molar-refractivity contribution >= 4 is 46.8 Å². The molecule has 5 aromatic rings. The van der Waals surface area contributed by atoms with E-state index >= 15 is 0 Å². The molecule has 14 nitrogen and oxygen atoms in total. The van der Waals surface area contributed by atoms with Gasteiger partial charge in [0.05, 0.1) is 41.9 Å². The van der Waals surface area contributed by atoms with Crippen LogP contribution in [0.1, 0.15) is 51.2 Å². The Morgan fingerprint density at radius 1 is 1.02 bits per heavy atom. The summed E-state index contributed by atoms with van der Waals surface area (Å²) in [5.41, 5.74) is 4.23. The lowest BCUT2D eigenvalue weighted by Crippen LogP contribution is -2.43. The second kappa shape index (κ2) is 17.9. The number of pyridine rings is 2. The molecule has 1 saturated heterocycles. The molecule has 2 amide bonds. The highest BCUT2D eigenvalue weighted by molar-refractivity contribution is 6.39. The van der Waals surface area contributed by atoms with E-state index in [9.17, 15) is 24.3 Å². The minimum absolute atomic E-state index is 0.00641. The molecular formula is C42H44Cl2N6O8. The van der Waals surface area contributed by atoms with Crippen molar-refractivity contribution in [2.45, 2.75) is 70.9 Å². The zero-order chi connectivity index (χ0) is 41.7. The molecule has 4 heterocycles. The predicted octanol–water partition coefficient (Wildman–Crippen LogP) is 6.35. The third-order valence-corrected chi connectivity index (χ3v) is 10.2. The molecule has 3 aromatic heterocycles. The number of halogens is 2. The second-order valence-corrected chi connectivity index (χ2v) is 15.7. The van der Waals surface area contributed by atoms with Crippen molar-refractivity contribution in [3.8, 4) is 39.4 Å². The monoisotopic (exact) mass is 830 g/mol.